The number of nitrogens with zero attached hydrogens (tertiary/aromatic N) is 2. The molecule has 0 saturated carbocycles. The molecule has 154 valence electrons. The number of aromatic nitrogens is 1. The highest BCUT2D eigenvalue weighted by molar-refractivity contribution is 5.84. The predicted molar refractivity (Wildman–Crippen MR) is 117 cm³/mol. The molecule has 3 aromatic rings. The Morgan fingerprint density at radius 2 is 1.86 bits per heavy atom. The lowest BCUT2D eigenvalue weighted by atomic mass is 9.99. The number of pyridine rings is 1. The van der Waals surface area contributed by atoms with E-state index in [-0.39, 0.29) is 5.75 Å². The number of ether oxygens (including phenoxy) is 1. The molecule has 4 rings (SSSR count). The van der Waals surface area contributed by atoms with Crippen LogP contribution in [0.15, 0.2) is 48.5 Å². The lowest BCUT2D eigenvalue weighted by Gasteiger charge is -2.28. The average molecular weight is 395 g/mol. The third-order valence-electron chi connectivity index (χ3n) is 5.07. The molecule has 0 aliphatic carbocycles. The summed E-state index contributed by atoms with van der Waals surface area (Å²) in [5, 5.41) is 20.4. The first-order chi connectivity index (χ1) is 14.2. The van der Waals surface area contributed by atoms with Gasteiger partial charge in [-0.25, -0.2) is 4.98 Å². The number of rotatable bonds is 6. The second kappa shape index (κ2) is 10.1. The fourth-order valence-corrected chi connectivity index (χ4v) is 3.60. The normalized spacial score (nSPS) is 13.4. The average Bonchev–Trinajstić information content (AvgIpc) is 2.75. The van der Waals surface area contributed by atoms with Crippen molar-refractivity contribution in [3.05, 3.63) is 59.7 Å². The van der Waals surface area contributed by atoms with Crippen LogP contribution in [0.3, 0.4) is 0 Å². The van der Waals surface area contributed by atoms with E-state index in [1.807, 2.05) is 50.2 Å². The summed E-state index contributed by atoms with van der Waals surface area (Å²) in [5.41, 5.74) is 3.16. The second-order valence-corrected chi connectivity index (χ2v) is 7.03. The quantitative estimate of drug-likeness (QED) is 0.583. The van der Waals surface area contributed by atoms with Gasteiger partial charge in [-0.05, 0) is 61.2 Å². The van der Waals surface area contributed by atoms with Gasteiger partial charge >= 0.3 is 0 Å². The van der Waals surface area contributed by atoms with Gasteiger partial charge in [0.2, 0.25) is 5.88 Å². The first-order valence-corrected chi connectivity index (χ1v) is 10.4. The van der Waals surface area contributed by atoms with Crippen molar-refractivity contribution >= 4 is 10.9 Å². The molecule has 0 spiro atoms. The molecule has 0 fully saturated rings. The molecule has 1 aliphatic rings. The molecule has 5 heteroatoms. The smallest absolute Gasteiger partial charge is 0.213 e. The molecule has 2 N–H and O–H groups in total. The molecule has 0 saturated heterocycles. The van der Waals surface area contributed by atoms with Gasteiger partial charge in [0.15, 0.2) is 0 Å². The lowest BCUT2D eigenvalue weighted by Crippen LogP contribution is -2.31. The number of benzene rings is 2. The van der Waals surface area contributed by atoms with E-state index in [0.29, 0.717) is 23.8 Å². The second-order valence-electron chi connectivity index (χ2n) is 7.03. The first kappa shape index (κ1) is 20.9. The fraction of sp³-hybridized carbons (Fsp3) is 0.375. The van der Waals surface area contributed by atoms with Gasteiger partial charge in [-0.2, -0.15) is 0 Å². The summed E-state index contributed by atoms with van der Waals surface area (Å²) in [6.07, 6.45) is 3.01. The molecule has 1 aromatic heterocycles. The molecule has 1 aliphatic heterocycles. The third kappa shape index (κ3) is 5.39. The zero-order chi connectivity index (χ0) is 20.6. The lowest BCUT2D eigenvalue weighted by molar-refractivity contribution is 0.233. The van der Waals surface area contributed by atoms with Crippen molar-refractivity contribution in [1.29, 1.82) is 0 Å². The van der Waals surface area contributed by atoms with Crippen LogP contribution >= 0.6 is 0 Å². The molecule has 2 aromatic carbocycles. The number of unbranched alkanes of at least 4 members (excludes halogenated alkanes) is 1. The van der Waals surface area contributed by atoms with Crippen molar-refractivity contribution < 1.29 is 14.9 Å². The summed E-state index contributed by atoms with van der Waals surface area (Å²) in [6.45, 7) is 7.63. The molecule has 0 amide bonds. The number of aromatic hydroxyl groups is 2. The minimum atomic E-state index is 0.177. The topological polar surface area (TPSA) is 65.8 Å². The van der Waals surface area contributed by atoms with Gasteiger partial charge in [-0.3, -0.25) is 4.90 Å². The summed E-state index contributed by atoms with van der Waals surface area (Å²) >= 11 is 0. The van der Waals surface area contributed by atoms with Gasteiger partial charge in [0.05, 0.1) is 6.61 Å². The Hall–Kier alpha value is -2.79. The number of fused-ring (bicyclic) bond motifs is 2. The Labute approximate surface area is 172 Å². The van der Waals surface area contributed by atoms with Crippen LogP contribution in [0.25, 0.3) is 10.9 Å². The predicted octanol–water partition coefficient (Wildman–Crippen LogP) is 4.89. The minimum absolute atomic E-state index is 0.177. The minimum Gasteiger partial charge on any atom is -0.508 e. The van der Waals surface area contributed by atoms with E-state index in [2.05, 4.69) is 9.88 Å². The monoisotopic (exact) mass is 394 g/mol. The van der Waals surface area contributed by atoms with Gasteiger partial charge in [0.25, 0.3) is 0 Å². The zero-order valence-electron chi connectivity index (χ0n) is 17.3. The van der Waals surface area contributed by atoms with Crippen molar-refractivity contribution in [1.82, 2.24) is 9.88 Å². The summed E-state index contributed by atoms with van der Waals surface area (Å²) < 4.78 is 5.76. The standard InChI is InChI=1S/C22H24N2O3.C2H6/c25-19-8-6-18-15-24(12-10-17(18)14-19)11-1-2-13-27-21-9-7-16-4-3-5-20(26)22(16)23-21;1-2/h3-9,14,25-26H,1-2,10-13,15H2;1-2H3. The Bertz CT molecular complexity index is 943. The van der Waals surface area contributed by atoms with Crippen molar-refractivity contribution in [2.45, 2.75) is 39.7 Å². The molecule has 2 heterocycles. The van der Waals surface area contributed by atoms with Crippen LogP contribution in [-0.4, -0.2) is 39.8 Å². The Balaban J connectivity index is 0.00000117. The summed E-state index contributed by atoms with van der Waals surface area (Å²) in [7, 11) is 0. The number of para-hydroxylation sites is 1. The van der Waals surface area contributed by atoms with E-state index >= 15 is 0 Å². The highest BCUT2D eigenvalue weighted by Crippen LogP contribution is 2.25. The maximum absolute atomic E-state index is 9.90. The maximum atomic E-state index is 9.90. The van der Waals surface area contributed by atoms with Crippen LogP contribution in [0, 0.1) is 0 Å². The van der Waals surface area contributed by atoms with Crippen molar-refractivity contribution in [2.75, 3.05) is 19.7 Å². The fourth-order valence-electron chi connectivity index (χ4n) is 3.60. The maximum Gasteiger partial charge on any atom is 0.213 e. The molecule has 5 nitrogen and oxygen atoms in total. The van der Waals surface area contributed by atoms with Gasteiger partial charge in [-0.15, -0.1) is 0 Å². The number of hydrogen-bond donors (Lipinski definition) is 2. The first-order valence-electron chi connectivity index (χ1n) is 10.4. The van der Waals surface area contributed by atoms with Gasteiger partial charge in [-0.1, -0.05) is 32.0 Å². The summed E-state index contributed by atoms with van der Waals surface area (Å²) in [6, 6.07) is 14.8. The van der Waals surface area contributed by atoms with Crippen molar-refractivity contribution in [3.63, 3.8) is 0 Å². The summed E-state index contributed by atoms with van der Waals surface area (Å²) in [4.78, 5) is 6.84. The number of phenols is 2. The highest BCUT2D eigenvalue weighted by Gasteiger charge is 2.16. The van der Waals surface area contributed by atoms with E-state index in [1.165, 1.54) is 11.1 Å². The van der Waals surface area contributed by atoms with Crippen LogP contribution in [0.4, 0.5) is 0 Å². The molecular weight excluding hydrogens is 364 g/mol. The highest BCUT2D eigenvalue weighted by atomic mass is 16.5. The molecule has 0 radical (unpaired) electrons. The Kier molecular flexibility index (Phi) is 7.30. The SMILES string of the molecule is CC.Oc1ccc2c(c1)CCN(CCCCOc1ccc3cccc(O)c3n1)C2. The van der Waals surface area contributed by atoms with Crippen molar-refractivity contribution in [2.24, 2.45) is 0 Å². The molecule has 29 heavy (non-hydrogen) atoms. The van der Waals surface area contributed by atoms with Gasteiger partial charge in [0, 0.05) is 24.5 Å². The van der Waals surface area contributed by atoms with Gasteiger partial charge < -0.3 is 14.9 Å². The zero-order valence-corrected chi connectivity index (χ0v) is 17.3. The van der Waals surface area contributed by atoms with Crippen molar-refractivity contribution in [3.8, 4) is 17.4 Å². The Morgan fingerprint density at radius 1 is 1.00 bits per heavy atom. The third-order valence-corrected chi connectivity index (χ3v) is 5.07. The summed E-state index contributed by atoms with van der Waals surface area (Å²) in [5.74, 6) is 1.09. The van der Waals surface area contributed by atoms with Crippen LogP contribution in [-0.2, 0) is 13.0 Å². The molecular formula is C24H30N2O3. The van der Waals surface area contributed by atoms with E-state index in [4.69, 9.17) is 4.74 Å². The van der Waals surface area contributed by atoms with E-state index in [0.717, 1.165) is 44.3 Å². The largest absolute Gasteiger partial charge is 0.508 e. The van der Waals surface area contributed by atoms with Crippen LogP contribution in [0.5, 0.6) is 17.4 Å². The van der Waals surface area contributed by atoms with E-state index < -0.39 is 0 Å². The molecule has 0 bridgehead atoms. The van der Waals surface area contributed by atoms with Gasteiger partial charge in [0.1, 0.15) is 17.0 Å². The van der Waals surface area contributed by atoms with E-state index in [9.17, 15) is 10.2 Å². The Morgan fingerprint density at radius 3 is 2.72 bits per heavy atom. The van der Waals surface area contributed by atoms with Crippen LogP contribution < -0.4 is 4.74 Å². The number of hydrogen-bond acceptors (Lipinski definition) is 5. The molecule has 0 atom stereocenters. The number of phenolic OH excluding ortho intramolecular Hbond substituents is 2. The van der Waals surface area contributed by atoms with E-state index in [1.54, 1.807) is 12.1 Å². The van der Waals surface area contributed by atoms with Crippen LogP contribution in [0.1, 0.15) is 37.8 Å². The molecule has 0 unspecified atom stereocenters. The van der Waals surface area contributed by atoms with Crippen LogP contribution in [0.2, 0.25) is 0 Å².